The number of hydrogen-bond donors (Lipinski definition) is 1. The second-order valence-electron chi connectivity index (χ2n) is 4.22. The summed E-state index contributed by atoms with van der Waals surface area (Å²) in [6.07, 6.45) is 0.772. The quantitative estimate of drug-likeness (QED) is 0.728. The summed E-state index contributed by atoms with van der Waals surface area (Å²) < 4.78 is 10.7. The van der Waals surface area contributed by atoms with Crippen LogP contribution in [0.2, 0.25) is 0 Å². The van der Waals surface area contributed by atoms with Crippen LogP contribution in [0.1, 0.15) is 20.3 Å². The first-order valence-electron chi connectivity index (χ1n) is 5.61. The first-order chi connectivity index (χ1) is 7.13. The van der Waals surface area contributed by atoms with Gasteiger partial charge in [0.25, 0.3) is 0 Å². The summed E-state index contributed by atoms with van der Waals surface area (Å²) in [5.41, 5.74) is 0. The third-order valence-electron chi connectivity index (χ3n) is 3.40. The molecule has 1 heterocycles. The summed E-state index contributed by atoms with van der Waals surface area (Å²) >= 11 is 0. The summed E-state index contributed by atoms with van der Waals surface area (Å²) in [4.78, 5) is 2.23. The van der Waals surface area contributed by atoms with Gasteiger partial charge >= 0.3 is 0 Å². The monoisotopic (exact) mass is 217 g/mol. The lowest BCUT2D eigenvalue weighted by Gasteiger charge is -2.27. The molecule has 0 aromatic rings. The van der Waals surface area contributed by atoms with Gasteiger partial charge in [-0.15, -0.1) is 0 Å². The van der Waals surface area contributed by atoms with Crippen LogP contribution in [0.15, 0.2) is 0 Å². The van der Waals surface area contributed by atoms with Crippen LogP contribution in [0.5, 0.6) is 0 Å². The highest BCUT2D eigenvalue weighted by Crippen LogP contribution is 2.20. The van der Waals surface area contributed by atoms with E-state index >= 15 is 0 Å². The average molecular weight is 217 g/mol. The highest BCUT2D eigenvalue weighted by molar-refractivity contribution is 4.89. The Kier molecular flexibility index (Phi) is 4.99. The van der Waals surface area contributed by atoms with Gasteiger partial charge in [-0.25, -0.2) is 0 Å². The van der Waals surface area contributed by atoms with Crippen LogP contribution in [-0.4, -0.2) is 61.7 Å². The van der Waals surface area contributed by atoms with E-state index in [-0.39, 0.29) is 24.4 Å². The van der Waals surface area contributed by atoms with Crippen LogP contribution < -0.4 is 0 Å². The summed E-state index contributed by atoms with van der Waals surface area (Å²) in [6, 6.07) is 0.174. The molecular weight excluding hydrogens is 194 g/mol. The number of rotatable bonds is 5. The zero-order valence-electron chi connectivity index (χ0n) is 10.1. The second kappa shape index (κ2) is 5.80. The molecule has 0 aromatic heterocycles. The minimum atomic E-state index is -0.266. The smallest absolute Gasteiger partial charge is 0.0971 e. The van der Waals surface area contributed by atoms with Gasteiger partial charge in [-0.05, 0) is 13.3 Å². The predicted molar refractivity (Wildman–Crippen MR) is 58.9 cm³/mol. The maximum Gasteiger partial charge on any atom is 0.0971 e. The Morgan fingerprint density at radius 3 is 2.07 bits per heavy atom. The van der Waals surface area contributed by atoms with Crippen LogP contribution in [-0.2, 0) is 9.47 Å². The summed E-state index contributed by atoms with van der Waals surface area (Å²) in [5.74, 6) is 0. The van der Waals surface area contributed by atoms with Crippen LogP contribution >= 0.6 is 0 Å². The number of ether oxygens (including phenoxy) is 2. The van der Waals surface area contributed by atoms with Crippen molar-refractivity contribution in [1.82, 2.24) is 4.90 Å². The van der Waals surface area contributed by atoms with Crippen molar-refractivity contribution in [1.29, 1.82) is 0 Å². The van der Waals surface area contributed by atoms with Crippen molar-refractivity contribution < 1.29 is 14.6 Å². The standard InChI is InChI=1S/C11H23NO3/c1-5-9(13)8(2)12-6-10(14-3)11(7-12)15-4/h8-11,13H,5-7H2,1-4H3. The molecule has 90 valence electrons. The molecule has 1 N–H and O–H groups in total. The lowest BCUT2D eigenvalue weighted by molar-refractivity contribution is -0.00461. The van der Waals surface area contributed by atoms with E-state index in [0.717, 1.165) is 19.5 Å². The molecule has 0 aliphatic carbocycles. The first kappa shape index (κ1) is 12.9. The molecule has 4 unspecified atom stereocenters. The van der Waals surface area contributed by atoms with Crippen molar-refractivity contribution in [3.63, 3.8) is 0 Å². The molecule has 1 fully saturated rings. The summed E-state index contributed by atoms with van der Waals surface area (Å²) in [7, 11) is 3.42. The Bertz CT molecular complexity index is 177. The van der Waals surface area contributed by atoms with E-state index in [2.05, 4.69) is 11.8 Å². The van der Waals surface area contributed by atoms with E-state index in [1.807, 2.05) is 6.92 Å². The molecular formula is C11H23NO3. The molecule has 1 aliphatic heterocycles. The zero-order valence-corrected chi connectivity index (χ0v) is 10.1. The Morgan fingerprint density at radius 2 is 1.73 bits per heavy atom. The number of nitrogens with zero attached hydrogens (tertiary/aromatic N) is 1. The first-order valence-corrected chi connectivity index (χ1v) is 5.61. The lowest BCUT2D eigenvalue weighted by Crippen LogP contribution is -2.40. The van der Waals surface area contributed by atoms with Gasteiger partial charge in [-0.3, -0.25) is 4.90 Å². The van der Waals surface area contributed by atoms with E-state index in [9.17, 15) is 5.11 Å². The topological polar surface area (TPSA) is 41.9 Å². The van der Waals surface area contributed by atoms with Crippen LogP contribution in [0.4, 0.5) is 0 Å². The fourth-order valence-electron chi connectivity index (χ4n) is 2.14. The molecule has 4 nitrogen and oxygen atoms in total. The number of aliphatic hydroxyl groups is 1. The maximum absolute atomic E-state index is 9.78. The van der Waals surface area contributed by atoms with Gasteiger partial charge in [0.1, 0.15) is 0 Å². The fraction of sp³-hybridized carbons (Fsp3) is 1.00. The third kappa shape index (κ3) is 2.91. The van der Waals surface area contributed by atoms with E-state index in [1.54, 1.807) is 14.2 Å². The van der Waals surface area contributed by atoms with Gasteiger partial charge in [-0.2, -0.15) is 0 Å². The number of likely N-dealkylation sites (tertiary alicyclic amines) is 1. The summed E-state index contributed by atoms with van der Waals surface area (Å²) in [5, 5.41) is 9.78. The molecule has 1 aliphatic rings. The fourth-order valence-corrected chi connectivity index (χ4v) is 2.14. The molecule has 4 atom stereocenters. The van der Waals surface area contributed by atoms with E-state index in [1.165, 1.54) is 0 Å². The van der Waals surface area contributed by atoms with Crippen LogP contribution in [0.3, 0.4) is 0 Å². The largest absolute Gasteiger partial charge is 0.392 e. The van der Waals surface area contributed by atoms with Crippen molar-refractivity contribution in [3.05, 3.63) is 0 Å². The number of aliphatic hydroxyl groups excluding tert-OH is 1. The molecule has 15 heavy (non-hydrogen) atoms. The normalized spacial score (nSPS) is 31.8. The SMILES string of the molecule is CCC(O)C(C)N1CC(OC)C(OC)C1. The van der Waals surface area contributed by atoms with Crippen molar-refractivity contribution in [2.45, 2.75) is 44.6 Å². The number of methoxy groups -OCH3 is 2. The third-order valence-corrected chi connectivity index (χ3v) is 3.40. The van der Waals surface area contributed by atoms with Crippen molar-refractivity contribution in [2.24, 2.45) is 0 Å². The molecule has 1 rings (SSSR count). The van der Waals surface area contributed by atoms with Crippen LogP contribution in [0, 0.1) is 0 Å². The molecule has 0 bridgehead atoms. The van der Waals surface area contributed by atoms with E-state index in [4.69, 9.17) is 9.47 Å². The van der Waals surface area contributed by atoms with Gasteiger partial charge in [0.2, 0.25) is 0 Å². The molecule has 0 spiro atoms. The second-order valence-corrected chi connectivity index (χ2v) is 4.22. The molecule has 1 saturated heterocycles. The minimum absolute atomic E-state index is 0.126. The van der Waals surface area contributed by atoms with E-state index < -0.39 is 0 Å². The zero-order chi connectivity index (χ0) is 11.4. The van der Waals surface area contributed by atoms with Gasteiger partial charge in [0.15, 0.2) is 0 Å². The molecule has 0 aromatic carbocycles. The highest BCUT2D eigenvalue weighted by atomic mass is 16.5. The van der Waals surface area contributed by atoms with Crippen LogP contribution in [0.25, 0.3) is 0 Å². The molecule has 0 amide bonds. The van der Waals surface area contributed by atoms with Crippen molar-refractivity contribution in [2.75, 3.05) is 27.3 Å². The van der Waals surface area contributed by atoms with Gasteiger partial charge in [0, 0.05) is 33.4 Å². The van der Waals surface area contributed by atoms with Gasteiger partial charge in [-0.1, -0.05) is 6.92 Å². The van der Waals surface area contributed by atoms with Crippen molar-refractivity contribution >= 4 is 0 Å². The Morgan fingerprint density at radius 1 is 1.27 bits per heavy atom. The van der Waals surface area contributed by atoms with Crippen molar-refractivity contribution in [3.8, 4) is 0 Å². The Balaban J connectivity index is 2.52. The van der Waals surface area contributed by atoms with Gasteiger partial charge < -0.3 is 14.6 Å². The Hall–Kier alpha value is -0.160. The molecule has 0 saturated carbocycles. The summed E-state index contributed by atoms with van der Waals surface area (Å²) in [6.45, 7) is 5.73. The maximum atomic E-state index is 9.78. The highest BCUT2D eigenvalue weighted by Gasteiger charge is 2.36. The minimum Gasteiger partial charge on any atom is -0.392 e. The molecule has 0 radical (unpaired) electrons. The average Bonchev–Trinajstić information content (AvgIpc) is 2.69. The number of hydrogen-bond acceptors (Lipinski definition) is 4. The Labute approximate surface area is 92.2 Å². The predicted octanol–water partition coefficient (Wildman–Crippen LogP) is 0.491. The lowest BCUT2D eigenvalue weighted by atomic mass is 10.1. The molecule has 4 heteroatoms. The van der Waals surface area contributed by atoms with E-state index in [0.29, 0.717) is 0 Å². The van der Waals surface area contributed by atoms with Gasteiger partial charge in [0.05, 0.1) is 18.3 Å².